The molecule has 41 heavy (non-hydrogen) atoms. The molecule has 1 aliphatic heterocycles. The van der Waals surface area contributed by atoms with Crippen molar-refractivity contribution in [1.29, 1.82) is 0 Å². The predicted octanol–water partition coefficient (Wildman–Crippen LogP) is 3.17. The van der Waals surface area contributed by atoms with Crippen LogP contribution in [0.4, 0.5) is 10.1 Å². The summed E-state index contributed by atoms with van der Waals surface area (Å²) in [4.78, 5) is 50.7. The summed E-state index contributed by atoms with van der Waals surface area (Å²) in [6.45, 7) is 6.76. The number of benzene rings is 2. The number of ketones is 1. The molecule has 0 radical (unpaired) electrons. The lowest BCUT2D eigenvalue weighted by Crippen LogP contribution is -2.53. The zero-order valence-corrected chi connectivity index (χ0v) is 23.5. The number of carbonyl (C=O) groups is 3. The number of amides is 2. The number of halogens is 1. The van der Waals surface area contributed by atoms with Crippen molar-refractivity contribution in [3.63, 3.8) is 0 Å². The number of benzodiazepines with no additional fused rings is 1. The second-order valence-corrected chi connectivity index (χ2v) is 10.9. The van der Waals surface area contributed by atoms with Crippen molar-refractivity contribution < 1.29 is 23.9 Å². The molecule has 0 saturated carbocycles. The molecular weight excluding hydrogens is 525 g/mol. The van der Waals surface area contributed by atoms with Gasteiger partial charge in [-0.15, -0.1) is 0 Å². The lowest BCUT2D eigenvalue weighted by molar-refractivity contribution is -0.130. The minimum Gasteiger partial charge on any atom is -0.387 e. The molecule has 10 heteroatoms. The van der Waals surface area contributed by atoms with E-state index in [0.29, 0.717) is 28.2 Å². The molecule has 2 heterocycles. The van der Waals surface area contributed by atoms with Crippen LogP contribution in [0.5, 0.6) is 0 Å². The van der Waals surface area contributed by atoms with Gasteiger partial charge >= 0.3 is 0 Å². The fourth-order valence-electron chi connectivity index (χ4n) is 4.22. The molecule has 1 aromatic heterocycles. The van der Waals surface area contributed by atoms with Crippen molar-refractivity contribution in [2.45, 2.75) is 46.0 Å². The number of nitrogens with zero attached hydrogens (tertiary/aromatic N) is 3. The second-order valence-electron chi connectivity index (χ2n) is 10.9. The van der Waals surface area contributed by atoms with Crippen LogP contribution >= 0.6 is 0 Å². The summed E-state index contributed by atoms with van der Waals surface area (Å²) in [5, 5.41) is 16.1. The van der Waals surface area contributed by atoms with E-state index in [1.54, 1.807) is 70.3 Å². The Hall–Kier alpha value is -4.28. The smallest absolute Gasteiger partial charge is 0.272 e. The van der Waals surface area contributed by atoms with Crippen LogP contribution in [0.15, 0.2) is 77.9 Å². The van der Waals surface area contributed by atoms with Crippen molar-refractivity contribution in [1.82, 2.24) is 15.6 Å². The Bertz CT molecular complexity index is 1440. The summed E-state index contributed by atoms with van der Waals surface area (Å²) < 4.78 is 13.2. The van der Waals surface area contributed by atoms with Crippen molar-refractivity contribution >= 4 is 29.0 Å². The molecule has 3 atom stereocenters. The lowest BCUT2D eigenvalue weighted by atomic mass is 9.90. The highest BCUT2D eigenvalue weighted by Gasteiger charge is 2.36. The van der Waals surface area contributed by atoms with Crippen LogP contribution in [0.3, 0.4) is 0 Å². The highest BCUT2D eigenvalue weighted by molar-refractivity contribution is 6.20. The number of aliphatic imine (C=N–C) groups is 1. The Kier molecular flexibility index (Phi) is 9.05. The van der Waals surface area contributed by atoms with E-state index >= 15 is 0 Å². The average Bonchev–Trinajstić information content (AvgIpc) is 3.06. The summed E-state index contributed by atoms with van der Waals surface area (Å²) in [7, 11) is 0. The molecule has 214 valence electrons. The Labute approximate surface area is 238 Å². The monoisotopic (exact) mass is 559 g/mol. The molecule has 0 aliphatic carbocycles. The second kappa shape index (κ2) is 12.5. The fraction of sp³-hybridized carbons (Fsp3) is 0.323. The molecule has 1 aliphatic rings. The third-order valence-corrected chi connectivity index (χ3v) is 6.80. The summed E-state index contributed by atoms with van der Waals surface area (Å²) >= 11 is 0. The quantitative estimate of drug-likeness (QED) is 0.370. The molecule has 3 aromatic rings. The van der Waals surface area contributed by atoms with Gasteiger partial charge in [-0.25, -0.2) is 9.38 Å². The van der Waals surface area contributed by atoms with Gasteiger partial charge in [0.1, 0.15) is 5.82 Å². The van der Waals surface area contributed by atoms with Gasteiger partial charge in [0.15, 0.2) is 5.78 Å². The first-order valence-corrected chi connectivity index (χ1v) is 13.4. The number of para-hydroxylation sites is 1. The van der Waals surface area contributed by atoms with Crippen molar-refractivity contribution in [3.8, 4) is 0 Å². The van der Waals surface area contributed by atoms with E-state index in [-0.39, 0.29) is 18.9 Å². The van der Waals surface area contributed by atoms with E-state index in [0.717, 1.165) is 0 Å². The number of hydrogen-bond donors (Lipinski definition) is 3. The third kappa shape index (κ3) is 7.08. The Balaban J connectivity index is 1.61. The minimum atomic E-state index is -1.34. The molecule has 2 unspecified atom stereocenters. The van der Waals surface area contributed by atoms with Crippen LogP contribution in [0.25, 0.3) is 0 Å². The number of nitrogens with one attached hydrogen (secondary N) is 2. The number of pyridine rings is 1. The maximum absolute atomic E-state index is 13.9. The van der Waals surface area contributed by atoms with E-state index < -0.39 is 41.4 Å². The van der Waals surface area contributed by atoms with Crippen molar-refractivity contribution in [3.05, 3.63) is 95.6 Å². The molecule has 3 N–H and O–H groups in total. The highest BCUT2D eigenvalue weighted by atomic mass is 19.1. The first-order valence-electron chi connectivity index (χ1n) is 13.4. The van der Waals surface area contributed by atoms with Gasteiger partial charge in [0.05, 0.1) is 35.8 Å². The van der Waals surface area contributed by atoms with Gasteiger partial charge in [-0.2, -0.15) is 0 Å². The fourth-order valence-corrected chi connectivity index (χ4v) is 4.22. The average molecular weight is 560 g/mol. The summed E-state index contributed by atoms with van der Waals surface area (Å²) in [6.07, 6.45) is -0.710. The Morgan fingerprint density at radius 1 is 1.05 bits per heavy atom. The topological polar surface area (TPSA) is 124 Å². The van der Waals surface area contributed by atoms with E-state index in [2.05, 4.69) is 20.6 Å². The third-order valence-electron chi connectivity index (χ3n) is 6.80. The summed E-state index contributed by atoms with van der Waals surface area (Å²) in [5.74, 6) is -1.67. The first-order chi connectivity index (χ1) is 19.5. The standard InChI is InChI=1S/C31H34FN5O4/c1-19(34-17-25(38)20-12-14-21(32)15-13-20)29(40)36-28-30(41)37(18-26(39)31(2,3)4)24-11-6-5-9-22(24)27(35-28)23-10-7-8-16-33-23/h5-16,19,25,28,34,38H,17-18H2,1-4H3,(H,36,40)/t19-,25?,28?/m0/s1. The van der Waals surface area contributed by atoms with Crippen molar-refractivity contribution in [2.24, 2.45) is 10.4 Å². The molecule has 0 saturated heterocycles. The zero-order valence-electron chi connectivity index (χ0n) is 23.5. The molecule has 0 spiro atoms. The molecule has 0 fully saturated rings. The van der Waals surface area contributed by atoms with E-state index in [1.165, 1.54) is 29.2 Å². The van der Waals surface area contributed by atoms with E-state index in [1.807, 2.05) is 6.07 Å². The number of rotatable bonds is 9. The maximum atomic E-state index is 13.9. The van der Waals surface area contributed by atoms with Crippen LogP contribution < -0.4 is 15.5 Å². The summed E-state index contributed by atoms with van der Waals surface area (Å²) in [6, 6.07) is 17.1. The molecule has 2 aromatic carbocycles. The Morgan fingerprint density at radius 3 is 2.39 bits per heavy atom. The largest absolute Gasteiger partial charge is 0.387 e. The number of fused-ring (bicyclic) bond motifs is 1. The van der Waals surface area contributed by atoms with Crippen LogP contribution in [0.2, 0.25) is 0 Å². The molecule has 9 nitrogen and oxygen atoms in total. The zero-order chi connectivity index (χ0) is 29.7. The maximum Gasteiger partial charge on any atom is 0.272 e. The SMILES string of the molecule is C[C@H](NCC(O)c1ccc(F)cc1)C(=O)NC1N=C(c2ccccn2)c2ccccc2N(CC(=O)C(C)(C)C)C1=O. The first kappa shape index (κ1) is 29.7. The van der Waals surface area contributed by atoms with Gasteiger partial charge in [-0.3, -0.25) is 19.4 Å². The van der Waals surface area contributed by atoms with Gasteiger partial charge in [0.25, 0.3) is 5.91 Å². The number of aliphatic hydroxyl groups excluding tert-OH is 1. The number of carbonyl (C=O) groups excluding carboxylic acids is 3. The van der Waals surface area contributed by atoms with Crippen LogP contribution in [0.1, 0.15) is 50.6 Å². The molecule has 4 rings (SSSR count). The van der Waals surface area contributed by atoms with Gasteiger partial charge in [-0.1, -0.05) is 57.2 Å². The molecule has 2 amide bonds. The van der Waals surface area contributed by atoms with Gasteiger partial charge in [0, 0.05) is 23.7 Å². The number of aromatic nitrogens is 1. The highest BCUT2D eigenvalue weighted by Crippen LogP contribution is 2.29. The van der Waals surface area contributed by atoms with Crippen molar-refractivity contribution in [2.75, 3.05) is 18.0 Å². The number of hydrogen-bond acceptors (Lipinski definition) is 7. The number of anilines is 1. The van der Waals surface area contributed by atoms with Gasteiger partial charge in [0.2, 0.25) is 12.1 Å². The van der Waals surface area contributed by atoms with E-state index in [9.17, 15) is 23.9 Å². The number of aliphatic hydroxyl groups is 1. The lowest BCUT2D eigenvalue weighted by Gasteiger charge is -2.28. The predicted molar refractivity (Wildman–Crippen MR) is 154 cm³/mol. The molecular formula is C31H34FN5O4. The van der Waals surface area contributed by atoms with Crippen LogP contribution in [-0.2, 0) is 14.4 Å². The normalized spacial score (nSPS) is 16.7. The van der Waals surface area contributed by atoms with Crippen LogP contribution in [-0.4, -0.2) is 58.7 Å². The molecule has 0 bridgehead atoms. The minimum absolute atomic E-state index is 0.0128. The van der Waals surface area contributed by atoms with Gasteiger partial charge < -0.3 is 20.6 Å². The summed E-state index contributed by atoms with van der Waals surface area (Å²) in [5.41, 5.74) is 1.79. The van der Waals surface area contributed by atoms with Gasteiger partial charge in [-0.05, 0) is 42.8 Å². The number of Topliss-reactive ketones (excluding diaryl/α,β-unsaturated/α-hetero) is 1. The Morgan fingerprint density at radius 2 is 1.73 bits per heavy atom. The van der Waals surface area contributed by atoms with Crippen LogP contribution in [0, 0.1) is 11.2 Å². The van der Waals surface area contributed by atoms with E-state index in [4.69, 9.17) is 0 Å².